The average Bonchev–Trinajstić information content (AvgIpc) is 2.45. The third kappa shape index (κ3) is 6.44. The maximum atomic E-state index is 12.9. The third-order valence-corrected chi connectivity index (χ3v) is 4.74. The normalized spacial score (nSPS) is 19.3. The maximum absolute atomic E-state index is 12.9. The molecule has 5 heteroatoms. The predicted octanol–water partition coefficient (Wildman–Crippen LogP) is 4.03. The molecule has 1 heterocycles. The van der Waals surface area contributed by atoms with Crippen LogP contribution in [0.5, 0.6) is 0 Å². The first-order valence-corrected chi connectivity index (χ1v) is 9.04. The molecule has 0 saturated carbocycles. The molecule has 130 valence electrons. The molecule has 0 bridgehead atoms. The van der Waals surface area contributed by atoms with Crippen LogP contribution in [0.25, 0.3) is 0 Å². The monoisotopic (exact) mass is 402 g/mol. The van der Waals surface area contributed by atoms with E-state index in [0.29, 0.717) is 12.5 Å². The fourth-order valence-corrected chi connectivity index (χ4v) is 3.70. The van der Waals surface area contributed by atoms with Crippen molar-refractivity contribution in [3.05, 3.63) is 34.3 Å². The Morgan fingerprint density at radius 3 is 2.78 bits per heavy atom. The number of halogens is 2. The molecule has 1 aromatic rings. The lowest BCUT2D eigenvalue weighted by Crippen LogP contribution is -2.48. The molecule has 1 aliphatic heterocycles. The van der Waals surface area contributed by atoms with Crippen molar-refractivity contribution >= 4 is 34.2 Å². The van der Waals surface area contributed by atoms with Crippen LogP contribution >= 0.6 is 28.3 Å². The highest BCUT2D eigenvalue weighted by molar-refractivity contribution is 9.10. The third-order valence-electron chi connectivity index (χ3n) is 4.25. The topological polar surface area (TPSA) is 46.3 Å². The van der Waals surface area contributed by atoms with Crippen LogP contribution in [0.15, 0.2) is 28.7 Å². The number of likely N-dealkylation sites (tertiary alicyclic amines) is 1. The lowest BCUT2D eigenvalue weighted by atomic mass is 9.89. The highest BCUT2D eigenvalue weighted by Gasteiger charge is 2.28. The smallest absolute Gasteiger partial charge is 0.226 e. The largest absolute Gasteiger partial charge is 0.341 e. The predicted molar refractivity (Wildman–Crippen MR) is 102 cm³/mol. The summed E-state index contributed by atoms with van der Waals surface area (Å²) in [5, 5.41) is 0. The van der Waals surface area contributed by atoms with Crippen molar-refractivity contribution in [1.29, 1.82) is 0 Å². The van der Waals surface area contributed by atoms with E-state index in [1.807, 2.05) is 17.0 Å². The molecule has 0 aromatic heterocycles. The molecule has 1 fully saturated rings. The molecule has 2 unspecified atom stereocenters. The summed E-state index contributed by atoms with van der Waals surface area (Å²) in [5.74, 6) is 0.850. The van der Waals surface area contributed by atoms with Gasteiger partial charge in [0.25, 0.3) is 0 Å². The molecule has 23 heavy (non-hydrogen) atoms. The number of carbonyl (C=O) groups is 1. The van der Waals surface area contributed by atoms with Gasteiger partial charge in [-0.15, -0.1) is 12.4 Å². The van der Waals surface area contributed by atoms with E-state index >= 15 is 0 Å². The van der Waals surface area contributed by atoms with Gasteiger partial charge in [-0.2, -0.15) is 0 Å². The van der Waals surface area contributed by atoms with Crippen molar-refractivity contribution < 1.29 is 4.79 Å². The number of amides is 1. The van der Waals surface area contributed by atoms with Crippen molar-refractivity contribution in [3.63, 3.8) is 0 Å². The van der Waals surface area contributed by atoms with E-state index in [2.05, 4.69) is 41.9 Å². The minimum absolute atomic E-state index is 0. The zero-order valence-corrected chi connectivity index (χ0v) is 16.4. The average molecular weight is 404 g/mol. The van der Waals surface area contributed by atoms with E-state index in [4.69, 9.17) is 5.73 Å². The number of nitrogens with two attached hydrogens (primary N) is 1. The van der Waals surface area contributed by atoms with Crippen molar-refractivity contribution in [2.75, 3.05) is 13.1 Å². The number of nitrogens with zero attached hydrogens (tertiary/aromatic N) is 1. The van der Waals surface area contributed by atoms with Crippen LogP contribution < -0.4 is 5.73 Å². The van der Waals surface area contributed by atoms with Crippen molar-refractivity contribution in [2.45, 2.75) is 45.6 Å². The summed E-state index contributed by atoms with van der Waals surface area (Å²) < 4.78 is 1.07. The van der Waals surface area contributed by atoms with Gasteiger partial charge in [0.2, 0.25) is 5.91 Å². The number of benzene rings is 1. The molecule has 1 amide bonds. The first kappa shape index (κ1) is 20.5. The lowest BCUT2D eigenvalue weighted by Gasteiger charge is -2.34. The first-order chi connectivity index (χ1) is 10.5. The van der Waals surface area contributed by atoms with E-state index in [-0.39, 0.29) is 30.3 Å². The lowest BCUT2D eigenvalue weighted by molar-refractivity contribution is -0.137. The summed E-state index contributed by atoms with van der Waals surface area (Å²) >= 11 is 3.51. The SMILES string of the molecule is CC(C)CC(Cc1cccc(Br)c1)C(=O)N1CCCC(N)C1.Cl. The highest BCUT2D eigenvalue weighted by Crippen LogP contribution is 2.23. The fourth-order valence-electron chi connectivity index (χ4n) is 3.26. The molecule has 0 spiro atoms. The number of hydrogen-bond acceptors (Lipinski definition) is 2. The second-order valence-corrected chi connectivity index (χ2v) is 7.76. The molecule has 0 aliphatic carbocycles. The van der Waals surface area contributed by atoms with E-state index < -0.39 is 0 Å². The van der Waals surface area contributed by atoms with Crippen molar-refractivity contribution in [3.8, 4) is 0 Å². The van der Waals surface area contributed by atoms with Gasteiger partial charge in [0, 0.05) is 29.5 Å². The van der Waals surface area contributed by atoms with Gasteiger partial charge < -0.3 is 10.6 Å². The van der Waals surface area contributed by atoms with Crippen LogP contribution in [0.4, 0.5) is 0 Å². The number of carbonyl (C=O) groups excluding carboxylic acids is 1. The second kappa shape index (κ2) is 9.65. The van der Waals surface area contributed by atoms with Crippen LogP contribution in [0.1, 0.15) is 38.7 Å². The Morgan fingerprint density at radius 1 is 1.43 bits per heavy atom. The van der Waals surface area contributed by atoms with Gasteiger partial charge in [-0.3, -0.25) is 4.79 Å². The Morgan fingerprint density at radius 2 is 2.17 bits per heavy atom. The van der Waals surface area contributed by atoms with Gasteiger partial charge in [0.15, 0.2) is 0 Å². The zero-order chi connectivity index (χ0) is 16.1. The standard InChI is InChI=1S/C18H27BrN2O.ClH/c1-13(2)9-15(10-14-5-3-6-16(19)11-14)18(22)21-8-4-7-17(20)12-21;/h3,5-6,11,13,15,17H,4,7-10,12,20H2,1-2H3;1H. The van der Waals surface area contributed by atoms with Crippen LogP contribution in [0.3, 0.4) is 0 Å². The zero-order valence-electron chi connectivity index (χ0n) is 14.0. The summed E-state index contributed by atoms with van der Waals surface area (Å²) in [6.45, 7) is 5.94. The Labute approximate surface area is 154 Å². The molecule has 2 N–H and O–H groups in total. The summed E-state index contributed by atoms with van der Waals surface area (Å²) in [6, 6.07) is 8.42. The van der Waals surface area contributed by atoms with E-state index in [1.165, 1.54) is 5.56 Å². The highest BCUT2D eigenvalue weighted by atomic mass is 79.9. The summed E-state index contributed by atoms with van der Waals surface area (Å²) in [6.07, 6.45) is 3.79. The van der Waals surface area contributed by atoms with Gasteiger partial charge in [-0.1, -0.05) is 41.9 Å². The minimum atomic E-state index is 0. The van der Waals surface area contributed by atoms with Gasteiger partial charge in [-0.05, 0) is 49.3 Å². The Kier molecular flexibility index (Phi) is 8.59. The Bertz CT molecular complexity index is 510. The van der Waals surface area contributed by atoms with Gasteiger partial charge in [-0.25, -0.2) is 0 Å². The number of rotatable bonds is 5. The molecule has 1 aromatic carbocycles. The molecule has 2 atom stereocenters. The van der Waals surface area contributed by atoms with E-state index in [1.54, 1.807) is 0 Å². The molecule has 0 radical (unpaired) electrons. The molecule has 1 saturated heterocycles. The molecule has 2 rings (SSSR count). The van der Waals surface area contributed by atoms with Crippen molar-refractivity contribution in [2.24, 2.45) is 17.6 Å². The van der Waals surface area contributed by atoms with Crippen LogP contribution in [-0.2, 0) is 11.2 Å². The Hall–Kier alpha value is -0.580. The minimum Gasteiger partial charge on any atom is -0.341 e. The number of hydrogen-bond donors (Lipinski definition) is 1. The number of piperidine rings is 1. The van der Waals surface area contributed by atoms with E-state index in [0.717, 1.165) is 36.7 Å². The summed E-state index contributed by atoms with van der Waals surface area (Å²) in [5.41, 5.74) is 7.25. The van der Waals surface area contributed by atoms with Crippen LogP contribution in [0, 0.1) is 11.8 Å². The van der Waals surface area contributed by atoms with Gasteiger partial charge >= 0.3 is 0 Å². The summed E-state index contributed by atoms with van der Waals surface area (Å²) in [4.78, 5) is 14.9. The molecular weight excluding hydrogens is 376 g/mol. The van der Waals surface area contributed by atoms with Gasteiger partial charge in [0.1, 0.15) is 0 Å². The molecular formula is C18H28BrClN2O. The summed E-state index contributed by atoms with van der Waals surface area (Å²) in [7, 11) is 0. The maximum Gasteiger partial charge on any atom is 0.226 e. The molecule has 1 aliphatic rings. The second-order valence-electron chi connectivity index (χ2n) is 6.85. The Balaban J connectivity index is 0.00000264. The van der Waals surface area contributed by atoms with Crippen molar-refractivity contribution in [1.82, 2.24) is 4.90 Å². The first-order valence-electron chi connectivity index (χ1n) is 8.24. The van der Waals surface area contributed by atoms with E-state index in [9.17, 15) is 4.79 Å². The van der Waals surface area contributed by atoms with Gasteiger partial charge in [0.05, 0.1) is 0 Å². The quantitative estimate of drug-likeness (QED) is 0.807. The fraction of sp³-hybridized carbons (Fsp3) is 0.611. The van der Waals surface area contributed by atoms with Crippen LogP contribution in [-0.4, -0.2) is 29.9 Å². The molecule has 3 nitrogen and oxygen atoms in total. The van der Waals surface area contributed by atoms with Crippen LogP contribution in [0.2, 0.25) is 0 Å².